The van der Waals surface area contributed by atoms with Gasteiger partial charge in [0.1, 0.15) is 0 Å². The Morgan fingerprint density at radius 1 is 1.43 bits per heavy atom. The summed E-state index contributed by atoms with van der Waals surface area (Å²) in [5.74, 6) is 0. The molecule has 0 saturated carbocycles. The van der Waals surface area contributed by atoms with Crippen LogP contribution in [0.5, 0.6) is 0 Å². The van der Waals surface area contributed by atoms with Crippen molar-refractivity contribution in [3.63, 3.8) is 0 Å². The van der Waals surface area contributed by atoms with Gasteiger partial charge in [-0.15, -0.1) is 5.01 Å². The van der Waals surface area contributed by atoms with E-state index < -0.39 is 0 Å². The van der Waals surface area contributed by atoms with Crippen LogP contribution in [0.25, 0.3) is 0 Å². The van der Waals surface area contributed by atoms with Gasteiger partial charge in [0.15, 0.2) is 0 Å². The number of rotatable bonds is 4. The van der Waals surface area contributed by atoms with Crippen LogP contribution in [0.15, 0.2) is 5.28 Å². The van der Waals surface area contributed by atoms with Gasteiger partial charge >= 0.3 is 29.6 Å². The zero-order chi connectivity index (χ0) is 10.5. The first-order valence-corrected chi connectivity index (χ1v) is 4.53. The van der Waals surface area contributed by atoms with E-state index in [4.69, 9.17) is 5.21 Å². The molecule has 0 atom stereocenters. The van der Waals surface area contributed by atoms with Crippen LogP contribution in [0, 0.1) is 5.21 Å². The molecule has 5 nitrogen and oxygen atoms in total. The van der Waals surface area contributed by atoms with E-state index in [1.807, 2.05) is 27.7 Å². The van der Waals surface area contributed by atoms with Crippen molar-refractivity contribution in [3.05, 3.63) is 5.21 Å². The third kappa shape index (κ3) is 5.67. The molecule has 0 amide bonds. The monoisotopic (exact) mass is 213 g/mol. The van der Waals surface area contributed by atoms with E-state index in [1.54, 1.807) is 0 Å². The van der Waals surface area contributed by atoms with Gasteiger partial charge in [0.05, 0.1) is 17.1 Å². The SMILES string of the molecule is CCCCN([N+]([O-])=NO)C(C)(C)C.[NaH]. The van der Waals surface area contributed by atoms with E-state index in [0.29, 0.717) is 6.54 Å². The Morgan fingerprint density at radius 2 is 1.93 bits per heavy atom. The Hall–Kier alpha value is 0. The summed E-state index contributed by atoms with van der Waals surface area (Å²) < 4.78 is 0. The molecular weight excluding hydrogens is 193 g/mol. The molecule has 0 aromatic heterocycles. The van der Waals surface area contributed by atoms with Crippen molar-refractivity contribution in [1.29, 1.82) is 0 Å². The zero-order valence-electron chi connectivity index (χ0n) is 8.82. The van der Waals surface area contributed by atoms with Crippen LogP contribution < -0.4 is 0 Å². The molecule has 0 aliphatic carbocycles. The Balaban J connectivity index is 0. The third-order valence-corrected chi connectivity index (χ3v) is 1.78. The fourth-order valence-electron chi connectivity index (χ4n) is 1.03. The Labute approximate surface area is 108 Å². The van der Waals surface area contributed by atoms with Crippen molar-refractivity contribution in [3.8, 4) is 0 Å². The quantitative estimate of drug-likeness (QED) is 0.333. The van der Waals surface area contributed by atoms with Crippen molar-refractivity contribution in [2.24, 2.45) is 5.28 Å². The Kier molecular flexibility index (Phi) is 8.58. The molecule has 0 spiro atoms. The topological polar surface area (TPSA) is 61.9 Å². The normalized spacial score (nSPS) is 12.1. The molecule has 14 heavy (non-hydrogen) atoms. The van der Waals surface area contributed by atoms with Crippen molar-refractivity contribution in [2.45, 2.75) is 46.1 Å². The van der Waals surface area contributed by atoms with Crippen LogP contribution in [-0.2, 0) is 0 Å². The predicted octanol–water partition coefficient (Wildman–Crippen LogP) is 1.51. The molecule has 0 aliphatic rings. The van der Waals surface area contributed by atoms with Crippen molar-refractivity contribution >= 4 is 29.6 Å². The summed E-state index contributed by atoms with van der Waals surface area (Å²) >= 11 is 0. The second kappa shape index (κ2) is 7.31. The minimum atomic E-state index is -0.316. The van der Waals surface area contributed by atoms with Crippen molar-refractivity contribution in [2.75, 3.05) is 6.54 Å². The molecule has 0 rings (SSSR count). The van der Waals surface area contributed by atoms with Crippen LogP contribution >= 0.6 is 0 Å². The van der Waals surface area contributed by atoms with Gasteiger partial charge in [0.25, 0.3) is 0 Å². The molecule has 0 bridgehead atoms. The molecule has 0 aliphatic heterocycles. The summed E-state index contributed by atoms with van der Waals surface area (Å²) in [6, 6.07) is 0. The van der Waals surface area contributed by atoms with Gasteiger partial charge in [-0.25, -0.2) is 0 Å². The minimum absolute atomic E-state index is 0. The van der Waals surface area contributed by atoms with Gasteiger partial charge < -0.3 is 10.4 Å². The molecular formula is C8H20N3NaO2. The zero-order valence-corrected chi connectivity index (χ0v) is 8.82. The van der Waals surface area contributed by atoms with Gasteiger partial charge in [-0.1, -0.05) is 13.3 Å². The van der Waals surface area contributed by atoms with E-state index in [9.17, 15) is 5.21 Å². The molecule has 0 heterocycles. The van der Waals surface area contributed by atoms with E-state index >= 15 is 0 Å². The Morgan fingerprint density at radius 3 is 2.21 bits per heavy atom. The summed E-state index contributed by atoms with van der Waals surface area (Å²) in [6.45, 7) is 8.36. The molecule has 0 aromatic rings. The first kappa shape index (κ1) is 16.4. The average Bonchev–Trinajstić information content (AvgIpc) is 2.02. The van der Waals surface area contributed by atoms with Crippen LogP contribution in [0.3, 0.4) is 0 Å². The van der Waals surface area contributed by atoms with Gasteiger partial charge in [-0.3, -0.25) is 0 Å². The number of unbranched alkanes of at least 4 members (excludes halogenated alkanes) is 1. The molecule has 80 valence electrons. The van der Waals surface area contributed by atoms with E-state index in [1.165, 1.54) is 5.01 Å². The summed E-state index contributed by atoms with van der Waals surface area (Å²) in [5.41, 5.74) is -0.316. The van der Waals surface area contributed by atoms with Crippen LogP contribution in [0.1, 0.15) is 40.5 Å². The molecule has 0 fully saturated rings. The van der Waals surface area contributed by atoms with Gasteiger partial charge in [0.2, 0.25) is 5.28 Å². The summed E-state index contributed by atoms with van der Waals surface area (Å²) in [4.78, 5) is 0.246. The number of nitrogens with zero attached hydrogens (tertiary/aromatic N) is 3. The van der Waals surface area contributed by atoms with Gasteiger partial charge in [-0.05, 0) is 27.2 Å². The van der Waals surface area contributed by atoms with Crippen molar-refractivity contribution < 1.29 is 10.2 Å². The first-order chi connectivity index (χ1) is 5.93. The fourth-order valence-corrected chi connectivity index (χ4v) is 1.03. The van der Waals surface area contributed by atoms with Crippen LogP contribution in [-0.4, -0.2) is 56.8 Å². The maximum absolute atomic E-state index is 11.1. The second-order valence-electron chi connectivity index (χ2n) is 3.99. The summed E-state index contributed by atoms with van der Waals surface area (Å²) in [6.07, 6.45) is 1.91. The third-order valence-electron chi connectivity index (χ3n) is 1.78. The molecule has 0 unspecified atom stereocenters. The molecule has 0 radical (unpaired) electrons. The molecule has 0 saturated heterocycles. The fraction of sp³-hybridized carbons (Fsp3) is 1.00. The average molecular weight is 213 g/mol. The molecule has 1 N–H and O–H groups in total. The maximum atomic E-state index is 11.1. The van der Waals surface area contributed by atoms with E-state index in [2.05, 4.69) is 5.28 Å². The number of hydrogen-bond acceptors (Lipinski definition) is 2. The van der Waals surface area contributed by atoms with Gasteiger partial charge in [0, 0.05) is 0 Å². The predicted molar refractivity (Wildman–Crippen MR) is 56.4 cm³/mol. The van der Waals surface area contributed by atoms with Crippen LogP contribution in [0.4, 0.5) is 0 Å². The van der Waals surface area contributed by atoms with E-state index in [-0.39, 0.29) is 40.1 Å². The van der Waals surface area contributed by atoms with Gasteiger partial charge in [-0.2, -0.15) is 0 Å². The molecule has 0 aromatic carbocycles. The summed E-state index contributed by atoms with van der Waals surface area (Å²) in [5, 5.41) is 23.5. The molecule has 6 heteroatoms. The van der Waals surface area contributed by atoms with E-state index in [0.717, 1.165) is 12.8 Å². The Bertz CT molecular complexity index is 180. The number of hydrazine groups is 1. The number of hydrogen-bond donors (Lipinski definition) is 1. The van der Waals surface area contributed by atoms with Crippen molar-refractivity contribution in [1.82, 2.24) is 5.01 Å². The second-order valence-corrected chi connectivity index (χ2v) is 3.99. The van der Waals surface area contributed by atoms with Crippen LogP contribution in [0.2, 0.25) is 0 Å². The first-order valence-electron chi connectivity index (χ1n) is 4.53. The standard InChI is InChI=1S/C8H19N3O2.Na.H/c1-5-6-7-10(8(2,3)4)11(13)9-12;;/h12H,5-7H2,1-4H3;;. The summed E-state index contributed by atoms with van der Waals surface area (Å²) in [7, 11) is 0.